The van der Waals surface area contributed by atoms with Gasteiger partial charge in [-0.2, -0.15) is 0 Å². The van der Waals surface area contributed by atoms with Crippen molar-refractivity contribution in [1.82, 2.24) is 0 Å². The zero-order valence-electron chi connectivity index (χ0n) is 8.19. The monoisotopic (exact) mass is 202 g/mol. The summed E-state index contributed by atoms with van der Waals surface area (Å²) in [6, 6.07) is 8.51. The number of benzene rings is 2. The van der Waals surface area contributed by atoms with Gasteiger partial charge >= 0.3 is 0 Å². The Morgan fingerprint density at radius 1 is 1.20 bits per heavy atom. The highest BCUT2D eigenvalue weighted by Crippen LogP contribution is 2.35. The largest absolute Gasteiger partial charge is 0.507 e. The van der Waals surface area contributed by atoms with Crippen molar-refractivity contribution in [3.05, 3.63) is 35.9 Å². The third-order valence-corrected chi connectivity index (χ3v) is 2.35. The maximum absolute atomic E-state index is 11.2. The van der Waals surface area contributed by atoms with Gasteiger partial charge in [0.2, 0.25) is 0 Å². The van der Waals surface area contributed by atoms with E-state index in [1.165, 1.54) is 13.0 Å². The molecule has 0 amide bonds. The fourth-order valence-corrected chi connectivity index (χ4v) is 1.66. The van der Waals surface area contributed by atoms with Crippen LogP contribution in [0.4, 0.5) is 0 Å². The Bertz CT molecular complexity index is 544. The molecule has 76 valence electrons. The first-order valence-corrected chi connectivity index (χ1v) is 4.56. The number of hydrogen-bond acceptors (Lipinski definition) is 3. The summed E-state index contributed by atoms with van der Waals surface area (Å²) in [6.45, 7) is 1.31. The lowest BCUT2D eigenvalue weighted by atomic mass is 10.0. The zero-order valence-corrected chi connectivity index (χ0v) is 8.19. The number of rotatable bonds is 1. The minimum atomic E-state index is -0.351. The summed E-state index contributed by atoms with van der Waals surface area (Å²) in [4.78, 5) is 11.2. The Hall–Kier alpha value is -2.03. The van der Waals surface area contributed by atoms with Gasteiger partial charge in [0.05, 0.1) is 0 Å². The number of Topliss-reactive ketones (excluding diaryl/α,β-unsaturated/α-hetero) is 1. The molecule has 3 nitrogen and oxygen atoms in total. The fourth-order valence-electron chi connectivity index (χ4n) is 1.66. The Balaban J connectivity index is 2.90. The van der Waals surface area contributed by atoms with Gasteiger partial charge in [-0.1, -0.05) is 24.3 Å². The summed E-state index contributed by atoms with van der Waals surface area (Å²) in [5.74, 6) is -0.687. The van der Waals surface area contributed by atoms with Crippen LogP contribution in [0.1, 0.15) is 17.3 Å². The summed E-state index contributed by atoms with van der Waals surface area (Å²) >= 11 is 0. The molecular formula is C12H10O3. The van der Waals surface area contributed by atoms with Crippen LogP contribution in [0.2, 0.25) is 0 Å². The van der Waals surface area contributed by atoms with Crippen LogP contribution in [0.3, 0.4) is 0 Å². The van der Waals surface area contributed by atoms with Crippen molar-refractivity contribution in [2.75, 3.05) is 0 Å². The molecule has 2 aromatic carbocycles. The van der Waals surface area contributed by atoms with Gasteiger partial charge in [0.1, 0.15) is 17.1 Å². The molecule has 0 aromatic heterocycles. The lowest BCUT2D eigenvalue weighted by Crippen LogP contribution is -1.94. The van der Waals surface area contributed by atoms with E-state index in [0.717, 1.165) is 0 Å². The highest BCUT2D eigenvalue weighted by Gasteiger charge is 2.15. The molecule has 0 aliphatic rings. The van der Waals surface area contributed by atoms with Crippen molar-refractivity contribution in [3.8, 4) is 11.5 Å². The minimum Gasteiger partial charge on any atom is -0.507 e. The van der Waals surface area contributed by atoms with E-state index in [-0.39, 0.29) is 22.8 Å². The second-order valence-corrected chi connectivity index (χ2v) is 3.40. The highest BCUT2D eigenvalue weighted by atomic mass is 16.3. The predicted molar refractivity (Wildman–Crippen MR) is 57.3 cm³/mol. The topological polar surface area (TPSA) is 57.5 Å². The summed E-state index contributed by atoms with van der Waals surface area (Å²) in [5, 5.41) is 20.7. The van der Waals surface area contributed by atoms with Crippen LogP contribution in [-0.4, -0.2) is 16.0 Å². The van der Waals surface area contributed by atoms with Gasteiger partial charge in [0, 0.05) is 5.39 Å². The second kappa shape index (κ2) is 3.28. The van der Waals surface area contributed by atoms with Crippen molar-refractivity contribution in [3.63, 3.8) is 0 Å². The number of hydrogen-bond donors (Lipinski definition) is 2. The Morgan fingerprint density at radius 2 is 1.87 bits per heavy atom. The van der Waals surface area contributed by atoms with Crippen molar-refractivity contribution in [1.29, 1.82) is 0 Å². The molecule has 0 saturated carbocycles. The fraction of sp³-hybridized carbons (Fsp3) is 0.0833. The Morgan fingerprint density at radius 3 is 2.53 bits per heavy atom. The molecule has 0 fully saturated rings. The number of carbonyl (C=O) groups is 1. The third kappa shape index (κ3) is 1.42. The lowest BCUT2D eigenvalue weighted by Gasteiger charge is -2.07. The molecule has 0 unspecified atom stereocenters. The summed E-state index contributed by atoms with van der Waals surface area (Å²) in [6.07, 6.45) is 0. The molecule has 0 heterocycles. The normalized spacial score (nSPS) is 10.5. The highest BCUT2D eigenvalue weighted by molar-refractivity contribution is 6.06. The molecule has 0 bridgehead atoms. The van der Waals surface area contributed by atoms with Gasteiger partial charge in [-0.05, 0) is 18.4 Å². The van der Waals surface area contributed by atoms with Crippen molar-refractivity contribution in [2.24, 2.45) is 0 Å². The first-order valence-electron chi connectivity index (χ1n) is 4.56. The maximum atomic E-state index is 11.2. The van der Waals surface area contributed by atoms with E-state index >= 15 is 0 Å². The smallest absolute Gasteiger partial charge is 0.167 e. The number of phenols is 2. The van der Waals surface area contributed by atoms with Gasteiger partial charge in [-0.15, -0.1) is 0 Å². The molecule has 2 rings (SSSR count). The molecule has 0 atom stereocenters. The average molecular weight is 202 g/mol. The van der Waals surface area contributed by atoms with Crippen LogP contribution in [0.5, 0.6) is 11.5 Å². The van der Waals surface area contributed by atoms with Crippen LogP contribution in [0.15, 0.2) is 30.3 Å². The zero-order chi connectivity index (χ0) is 11.0. The second-order valence-electron chi connectivity index (χ2n) is 3.40. The number of phenolic OH excluding ortho intramolecular Hbond substituents is 2. The first-order chi connectivity index (χ1) is 7.11. The van der Waals surface area contributed by atoms with Crippen LogP contribution >= 0.6 is 0 Å². The van der Waals surface area contributed by atoms with E-state index in [9.17, 15) is 15.0 Å². The number of ketones is 1. The molecule has 0 aliphatic carbocycles. The van der Waals surface area contributed by atoms with Gasteiger partial charge < -0.3 is 10.2 Å². The maximum Gasteiger partial charge on any atom is 0.167 e. The first kappa shape index (κ1) is 9.52. The quantitative estimate of drug-likeness (QED) is 0.698. The summed E-state index contributed by atoms with van der Waals surface area (Å²) in [7, 11) is 0. The standard InChI is InChI=1S/C12H10O3/c1-7(13)11-10(14)6-8-4-2-3-5-9(8)12(11)15/h2-6,14-15H,1H3. The third-order valence-electron chi connectivity index (χ3n) is 2.35. The molecule has 0 saturated heterocycles. The molecule has 3 heteroatoms. The van der Waals surface area contributed by atoms with E-state index < -0.39 is 0 Å². The van der Waals surface area contributed by atoms with Gasteiger partial charge in [0.15, 0.2) is 5.78 Å². The number of carbonyl (C=O) groups excluding carboxylic acids is 1. The molecule has 2 N–H and O–H groups in total. The van der Waals surface area contributed by atoms with E-state index in [2.05, 4.69) is 0 Å². The molecule has 0 aliphatic heterocycles. The van der Waals surface area contributed by atoms with Gasteiger partial charge in [-0.3, -0.25) is 4.79 Å². The van der Waals surface area contributed by atoms with Crippen molar-refractivity contribution in [2.45, 2.75) is 6.92 Å². The van der Waals surface area contributed by atoms with Crippen molar-refractivity contribution >= 4 is 16.6 Å². The van der Waals surface area contributed by atoms with Crippen molar-refractivity contribution < 1.29 is 15.0 Å². The minimum absolute atomic E-state index is 0.0197. The molecule has 0 radical (unpaired) electrons. The van der Waals surface area contributed by atoms with Crippen LogP contribution in [-0.2, 0) is 0 Å². The Kier molecular flexibility index (Phi) is 2.08. The molecular weight excluding hydrogens is 192 g/mol. The van der Waals surface area contributed by atoms with Crippen LogP contribution < -0.4 is 0 Å². The molecule has 2 aromatic rings. The van der Waals surface area contributed by atoms with E-state index in [1.807, 2.05) is 0 Å². The molecule has 0 spiro atoms. The van der Waals surface area contributed by atoms with E-state index in [1.54, 1.807) is 24.3 Å². The summed E-state index contributed by atoms with van der Waals surface area (Å²) < 4.78 is 0. The van der Waals surface area contributed by atoms with Crippen LogP contribution in [0.25, 0.3) is 10.8 Å². The predicted octanol–water partition coefficient (Wildman–Crippen LogP) is 2.45. The van der Waals surface area contributed by atoms with Gasteiger partial charge in [0.25, 0.3) is 0 Å². The van der Waals surface area contributed by atoms with Gasteiger partial charge in [-0.25, -0.2) is 0 Å². The van der Waals surface area contributed by atoms with Crippen LogP contribution in [0, 0.1) is 0 Å². The number of fused-ring (bicyclic) bond motifs is 1. The van der Waals surface area contributed by atoms with E-state index in [0.29, 0.717) is 10.8 Å². The summed E-state index contributed by atoms with van der Waals surface area (Å²) in [5.41, 5.74) is -0.0197. The number of aromatic hydroxyl groups is 2. The van der Waals surface area contributed by atoms with E-state index in [4.69, 9.17) is 0 Å². The SMILES string of the molecule is CC(=O)c1c(O)cc2ccccc2c1O. The lowest BCUT2D eigenvalue weighted by molar-refractivity contribution is 0.101. The Labute approximate surface area is 86.6 Å². The average Bonchev–Trinajstić information content (AvgIpc) is 2.17. The molecule has 15 heavy (non-hydrogen) atoms.